The Bertz CT molecular complexity index is 422. The van der Waals surface area contributed by atoms with E-state index in [9.17, 15) is 0 Å². The van der Waals surface area contributed by atoms with Crippen LogP contribution in [0.4, 0.5) is 0 Å². The van der Waals surface area contributed by atoms with Gasteiger partial charge in [0, 0.05) is 16.5 Å². The van der Waals surface area contributed by atoms with Gasteiger partial charge in [0.2, 0.25) is 0 Å². The smallest absolute Gasteiger partial charge is 0.0406 e. The molecule has 0 saturated heterocycles. The minimum atomic E-state index is 0.803. The SMILES string of the molecule is Clc1ccc(CSCc2ccccc2)cc1. The topological polar surface area (TPSA) is 0 Å². The lowest BCUT2D eigenvalue weighted by molar-refractivity contribution is 1.36. The molecule has 0 atom stereocenters. The van der Waals surface area contributed by atoms with E-state index in [4.69, 9.17) is 11.6 Å². The van der Waals surface area contributed by atoms with Crippen molar-refractivity contribution >= 4 is 23.4 Å². The normalized spacial score (nSPS) is 10.3. The highest BCUT2D eigenvalue weighted by Crippen LogP contribution is 2.19. The first kappa shape index (κ1) is 11.6. The second kappa shape index (κ2) is 5.97. The zero-order chi connectivity index (χ0) is 11.2. The summed E-state index contributed by atoms with van der Waals surface area (Å²) >= 11 is 7.76. The quantitative estimate of drug-likeness (QED) is 0.751. The molecule has 16 heavy (non-hydrogen) atoms. The fraction of sp³-hybridized carbons (Fsp3) is 0.143. The highest BCUT2D eigenvalue weighted by atomic mass is 35.5. The molecule has 2 aromatic rings. The van der Waals surface area contributed by atoms with E-state index in [0.29, 0.717) is 0 Å². The lowest BCUT2D eigenvalue weighted by Gasteiger charge is -2.02. The minimum Gasteiger partial charge on any atom is -0.152 e. The van der Waals surface area contributed by atoms with Gasteiger partial charge in [0.15, 0.2) is 0 Å². The fourth-order valence-electron chi connectivity index (χ4n) is 1.44. The molecule has 0 fully saturated rings. The Kier molecular flexibility index (Phi) is 4.32. The summed E-state index contributed by atoms with van der Waals surface area (Å²) in [6, 6.07) is 18.6. The van der Waals surface area contributed by atoms with Crippen LogP contribution in [0.15, 0.2) is 54.6 Å². The van der Waals surface area contributed by atoms with Crippen molar-refractivity contribution in [2.75, 3.05) is 0 Å². The molecule has 0 aromatic heterocycles. The second-order valence-corrected chi connectivity index (χ2v) is 5.03. The van der Waals surface area contributed by atoms with Crippen molar-refractivity contribution in [3.8, 4) is 0 Å². The van der Waals surface area contributed by atoms with Crippen LogP contribution in [0, 0.1) is 0 Å². The lowest BCUT2D eigenvalue weighted by atomic mass is 10.2. The zero-order valence-electron chi connectivity index (χ0n) is 8.90. The Morgan fingerprint density at radius 2 is 1.31 bits per heavy atom. The Morgan fingerprint density at radius 1 is 0.750 bits per heavy atom. The highest BCUT2D eigenvalue weighted by Gasteiger charge is 1.95. The monoisotopic (exact) mass is 248 g/mol. The van der Waals surface area contributed by atoms with Gasteiger partial charge in [0.1, 0.15) is 0 Å². The van der Waals surface area contributed by atoms with E-state index in [1.54, 1.807) is 0 Å². The number of thioether (sulfide) groups is 1. The predicted molar refractivity (Wildman–Crippen MR) is 72.9 cm³/mol. The number of hydrogen-bond acceptors (Lipinski definition) is 1. The van der Waals surface area contributed by atoms with E-state index in [-0.39, 0.29) is 0 Å². The largest absolute Gasteiger partial charge is 0.152 e. The minimum absolute atomic E-state index is 0.803. The molecule has 0 radical (unpaired) electrons. The van der Waals surface area contributed by atoms with Crippen molar-refractivity contribution in [1.29, 1.82) is 0 Å². The van der Waals surface area contributed by atoms with Crippen LogP contribution in [0.3, 0.4) is 0 Å². The molecule has 2 aromatic carbocycles. The average molecular weight is 249 g/mol. The molecular weight excluding hydrogens is 236 g/mol. The molecule has 0 nitrogen and oxygen atoms in total. The van der Waals surface area contributed by atoms with Gasteiger partial charge < -0.3 is 0 Å². The molecular formula is C14H13ClS. The third-order valence-corrected chi connectivity index (χ3v) is 3.62. The van der Waals surface area contributed by atoms with Crippen LogP contribution in [-0.4, -0.2) is 0 Å². The van der Waals surface area contributed by atoms with E-state index in [1.807, 2.05) is 30.0 Å². The van der Waals surface area contributed by atoms with Crippen LogP contribution in [-0.2, 0) is 11.5 Å². The summed E-state index contributed by atoms with van der Waals surface area (Å²) in [6.07, 6.45) is 0. The summed E-state index contributed by atoms with van der Waals surface area (Å²) in [5.41, 5.74) is 2.70. The maximum absolute atomic E-state index is 5.83. The molecule has 0 heterocycles. The Balaban J connectivity index is 1.82. The first-order valence-electron chi connectivity index (χ1n) is 5.21. The average Bonchev–Trinajstić information content (AvgIpc) is 2.33. The Hall–Kier alpha value is -0.920. The molecule has 0 aliphatic rings. The van der Waals surface area contributed by atoms with Crippen molar-refractivity contribution in [3.63, 3.8) is 0 Å². The molecule has 82 valence electrons. The summed E-state index contributed by atoms with van der Waals surface area (Å²) in [7, 11) is 0. The maximum atomic E-state index is 5.83. The third-order valence-electron chi connectivity index (χ3n) is 2.29. The number of halogens is 1. The molecule has 0 spiro atoms. The zero-order valence-corrected chi connectivity index (χ0v) is 10.5. The van der Waals surface area contributed by atoms with Gasteiger partial charge in [-0.3, -0.25) is 0 Å². The van der Waals surface area contributed by atoms with Crippen molar-refractivity contribution in [2.45, 2.75) is 11.5 Å². The second-order valence-electron chi connectivity index (χ2n) is 3.60. The van der Waals surface area contributed by atoms with Crippen LogP contribution in [0.1, 0.15) is 11.1 Å². The number of hydrogen-bond donors (Lipinski definition) is 0. The van der Waals surface area contributed by atoms with E-state index < -0.39 is 0 Å². The Morgan fingerprint density at radius 3 is 1.94 bits per heavy atom. The van der Waals surface area contributed by atoms with Crippen LogP contribution < -0.4 is 0 Å². The predicted octanol–water partition coefficient (Wildman–Crippen LogP) is 4.77. The van der Waals surface area contributed by atoms with Gasteiger partial charge in [0.25, 0.3) is 0 Å². The molecule has 0 saturated carbocycles. The highest BCUT2D eigenvalue weighted by molar-refractivity contribution is 7.97. The maximum Gasteiger partial charge on any atom is 0.0406 e. The lowest BCUT2D eigenvalue weighted by Crippen LogP contribution is -1.82. The van der Waals surface area contributed by atoms with Gasteiger partial charge >= 0.3 is 0 Å². The molecule has 0 amide bonds. The van der Waals surface area contributed by atoms with E-state index in [0.717, 1.165) is 16.5 Å². The van der Waals surface area contributed by atoms with Gasteiger partial charge in [-0.15, -0.1) is 0 Å². The standard InChI is InChI=1S/C14H13ClS/c15-14-8-6-13(7-9-14)11-16-10-12-4-2-1-3-5-12/h1-9H,10-11H2. The summed E-state index contributed by atoms with van der Waals surface area (Å²) < 4.78 is 0. The van der Waals surface area contributed by atoms with Crippen LogP contribution in [0.25, 0.3) is 0 Å². The Labute approximate surface area is 106 Å². The molecule has 2 heteroatoms. The molecule has 2 rings (SSSR count). The van der Waals surface area contributed by atoms with E-state index in [2.05, 4.69) is 36.4 Å². The third kappa shape index (κ3) is 3.58. The molecule has 0 bridgehead atoms. The molecule has 0 N–H and O–H groups in total. The van der Waals surface area contributed by atoms with Crippen LogP contribution in [0.5, 0.6) is 0 Å². The summed E-state index contributed by atoms with van der Waals surface area (Å²) in [5.74, 6) is 2.09. The van der Waals surface area contributed by atoms with E-state index >= 15 is 0 Å². The van der Waals surface area contributed by atoms with E-state index in [1.165, 1.54) is 11.1 Å². The van der Waals surface area contributed by atoms with Crippen molar-refractivity contribution in [1.82, 2.24) is 0 Å². The molecule has 0 aliphatic heterocycles. The van der Waals surface area contributed by atoms with Crippen molar-refractivity contribution < 1.29 is 0 Å². The summed E-state index contributed by atoms with van der Waals surface area (Å²) in [5, 5.41) is 0.803. The van der Waals surface area contributed by atoms with Crippen molar-refractivity contribution in [3.05, 3.63) is 70.7 Å². The first-order chi connectivity index (χ1) is 7.84. The number of rotatable bonds is 4. The van der Waals surface area contributed by atoms with Gasteiger partial charge in [-0.2, -0.15) is 11.8 Å². The van der Waals surface area contributed by atoms with Gasteiger partial charge in [-0.1, -0.05) is 54.1 Å². The first-order valence-corrected chi connectivity index (χ1v) is 6.74. The van der Waals surface area contributed by atoms with Gasteiger partial charge in [-0.05, 0) is 23.3 Å². The number of benzene rings is 2. The van der Waals surface area contributed by atoms with Crippen LogP contribution in [0.2, 0.25) is 5.02 Å². The molecule has 0 aliphatic carbocycles. The summed E-state index contributed by atoms with van der Waals surface area (Å²) in [6.45, 7) is 0. The van der Waals surface area contributed by atoms with Gasteiger partial charge in [-0.25, -0.2) is 0 Å². The van der Waals surface area contributed by atoms with Crippen LogP contribution >= 0.6 is 23.4 Å². The van der Waals surface area contributed by atoms with Crippen molar-refractivity contribution in [2.24, 2.45) is 0 Å². The summed E-state index contributed by atoms with van der Waals surface area (Å²) in [4.78, 5) is 0. The molecule has 0 unspecified atom stereocenters. The fourth-order valence-corrected chi connectivity index (χ4v) is 2.53. The van der Waals surface area contributed by atoms with Gasteiger partial charge in [0.05, 0.1) is 0 Å².